The fourth-order valence-corrected chi connectivity index (χ4v) is 3.92. The molecular weight excluding hydrogens is 352 g/mol. The molecule has 2 aliphatic rings. The molecule has 1 aromatic heterocycles. The van der Waals surface area contributed by atoms with Crippen LogP contribution in [0.1, 0.15) is 24.1 Å². The maximum atomic E-state index is 12.5. The summed E-state index contributed by atoms with van der Waals surface area (Å²) in [5.74, 6) is 0.0832. The quantitative estimate of drug-likeness (QED) is 0.779. The van der Waals surface area contributed by atoms with Crippen molar-refractivity contribution in [3.05, 3.63) is 58.9 Å². The van der Waals surface area contributed by atoms with Crippen molar-refractivity contribution in [2.75, 3.05) is 19.7 Å². The third kappa shape index (κ3) is 3.07. The number of pyridine rings is 1. The highest BCUT2D eigenvalue weighted by Crippen LogP contribution is 2.45. The lowest BCUT2D eigenvalue weighted by molar-refractivity contribution is -0.145. The zero-order valence-electron chi connectivity index (χ0n) is 14.3. The molecule has 2 aromatic rings. The van der Waals surface area contributed by atoms with E-state index in [1.165, 1.54) is 11.8 Å². The molecule has 5 nitrogen and oxygen atoms in total. The molecule has 1 amide bonds. The number of nitrogens with zero attached hydrogens (tertiary/aromatic N) is 2. The summed E-state index contributed by atoms with van der Waals surface area (Å²) in [4.78, 5) is 30.6. The highest BCUT2D eigenvalue weighted by molar-refractivity contribution is 6.36. The Balaban J connectivity index is 1.39. The molecule has 134 valence electrons. The molecule has 6 heteroatoms. The van der Waals surface area contributed by atoms with Crippen LogP contribution in [0, 0.1) is 0 Å². The van der Waals surface area contributed by atoms with Crippen LogP contribution in [0.3, 0.4) is 0 Å². The van der Waals surface area contributed by atoms with Gasteiger partial charge in [0.25, 0.3) is 5.91 Å². The van der Waals surface area contributed by atoms with Crippen molar-refractivity contribution in [2.24, 2.45) is 0 Å². The Morgan fingerprint density at radius 2 is 1.92 bits per heavy atom. The Labute approximate surface area is 156 Å². The Hall–Kier alpha value is -2.40. The number of Topliss-reactive ketones (excluding diaryl/α,β-unsaturated/α-hetero) is 1. The fraction of sp³-hybridized carbons (Fsp3) is 0.350. The predicted molar refractivity (Wildman–Crippen MR) is 97.4 cm³/mol. The van der Waals surface area contributed by atoms with Gasteiger partial charge in [0.15, 0.2) is 0 Å². The Kier molecular flexibility index (Phi) is 4.41. The van der Waals surface area contributed by atoms with Gasteiger partial charge in [0.2, 0.25) is 5.78 Å². The van der Waals surface area contributed by atoms with E-state index in [-0.39, 0.29) is 11.8 Å². The summed E-state index contributed by atoms with van der Waals surface area (Å²) >= 11 is 5.79. The first kappa shape index (κ1) is 17.0. The number of likely N-dealkylation sites (tertiary alicyclic amines) is 1. The zero-order valence-corrected chi connectivity index (χ0v) is 15.0. The minimum atomic E-state index is -0.432. The van der Waals surface area contributed by atoms with E-state index in [4.69, 9.17) is 16.3 Å². The normalized spacial score (nSPS) is 17.7. The third-order valence-corrected chi connectivity index (χ3v) is 5.56. The zero-order chi connectivity index (χ0) is 18.1. The number of ketones is 1. The number of carbonyl (C=O) groups is 2. The lowest BCUT2D eigenvalue weighted by Gasteiger charge is -2.38. The highest BCUT2D eigenvalue weighted by Gasteiger charge is 2.44. The molecule has 0 bridgehead atoms. The second-order valence-electron chi connectivity index (χ2n) is 6.93. The van der Waals surface area contributed by atoms with E-state index in [2.05, 4.69) is 11.1 Å². The first-order valence-corrected chi connectivity index (χ1v) is 9.10. The van der Waals surface area contributed by atoms with Crippen LogP contribution in [0.4, 0.5) is 0 Å². The maximum Gasteiger partial charge on any atom is 0.290 e. The molecular formula is C20H19ClN2O3. The Morgan fingerprint density at radius 3 is 2.65 bits per heavy atom. The van der Waals surface area contributed by atoms with E-state index < -0.39 is 11.7 Å². The minimum absolute atomic E-state index is 0.00356. The van der Waals surface area contributed by atoms with Gasteiger partial charge in [0.1, 0.15) is 5.75 Å². The second-order valence-corrected chi connectivity index (χ2v) is 7.36. The smallest absolute Gasteiger partial charge is 0.290 e. The molecule has 0 aliphatic carbocycles. The Morgan fingerprint density at radius 1 is 1.15 bits per heavy atom. The fourth-order valence-electron chi connectivity index (χ4n) is 3.80. The van der Waals surface area contributed by atoms with Gasteiger partial charge in [-0.25, -0.2) is 0 Å². The van der Waals surface area contributed by atoms with E-state index in [1.54, 1.807) is 17.0 Å². The molecule has 1 aromatic carbocycles. The van der Waals surface area contributed by atoms with E-state index in [0.717, 1.165) is 18.6 Å². The molecule has 2 aliphatic heterocycles. The number of amides is 1. The minimum Gasteiger partial charge on any atom is -0.492 e. The molecule has 0 atom stereocenters. The lowest BCUT2D eigenvalue weighted by Crippen LogP contribution is -2.48. The molecule has 4 rings (SSSR count). The first-order valence-electron chi connectivity index (χ1n) is 8.72. The van der Waals surface area contributed by atoms with Crippen LogP contribution in [0.15, 0.2) is 42.6 Å². The average molecular weight is 371 g/mol. The number of halogens is 1. The number of benzene rings is 1. The van der Waals surface area contributed by atoms with E-state index in [1.807, 2.05) is 18.2 Å². The summed E-state index contributed by atoms with van der Waals surface area (Å²) < 4.78 is 5.83. The van der Waals surface area contributed by atoms with Crippen LogP contribution in [0.5, 0.6) is 5.75 Å². The molecule has 1 spiro atoms. The van der Waals surface area contributed by atoms with E-state index in [0.29, 0.717) is 30.4 Å². The molecule has 26 heavy (non-hydrogen) atoms. The van der Waals surface area contributed by atoms with Gasteiger partial charge in [-0.2, -0.15) is 0 Å². The topological polar surface area (TPSA) is 59.5 Å². The van der Waals surface area contributed by atoms with Crippen LogP contribution in [-0.4, -0.2) is 41.3 Å². The summed E-state index contributed by atoms with van der Waals surface area (Å²) in [7, 11) is 0. The number of aromatic nitrogens is 1. The van der Waals surface area contributed by atoms with Crippen LogP contribution in [0.2, 0.25) is 5.02 Å². The van der Waals surface area contributed by atoms with Gasteiger partial charge in [0.05, 0.1) is 18.1 Å². The number of rotatable bonds is 3. The van der Waals surface area contributed by atoms with Gasteiger partial charge in [-0.15, -0.1) is 0 Å². The van der Waals surface area contributed by atoms with Crippen molar-refractivity contribution < 1.29 is 14.3 Å². The van der Waals surface area contributed by atoms with Gasteiger partial charge in [-0.3, -0.25) is 14.6 Å². The number of piperidine rings is 1. The molecule has 0 radical (unpaired) electrons. The highest BCUT2D eigenvalue weighted by atomic mass is 35.5. The van der Waals surface area contributed by atoms with Crippen molar-refractivity contribution in [3.63, 3.8) is 0 Å². The third-order valence-electron chi connectivity index (χ3n) is 5.34. The molecule has 0 N–H and O–H groups in total. The van der Waals surface area contributed by atoms with E-state index >= 15 is 0 Å². The van der Waals surface area contributed by atoms with Crippen molar-refractivity contribution in [3.8, 4) is 5.75 Å². The molecule has 0 saturated carbocycles. The van der Waals surface area contributed by atoms with Crippen molar-refractivity contribution >= 4 is 23.3 Å². The maximum absolute atomic E-state index is 12.5. The number of para-hydroxylation sites is 1. The van der Waals surface area contributed by atoms with Gasteiger partial charge < -0.3 is 9.64 Å². The van der Waals surface area contributed by atoms with Gasteiger partial charge >= 0.3 is 0 Å². The summed E-state index contributed by atoms with van der Waals surface area (Å²) in [6, 6.07) is 11.4. The summed E-state index contributed by atoms with van der Waals surface area (Å²) in [6.07, 6.45) is 3.10. The van der Waals surface area contributed by atoms with E-state index in [9.17, 15) is 9.59 Å². The van der Waals surface area contributed by atoms with Crippen LogP contribution in [0.25, 0.3) is 0 Å². The first-order chi connectivity index (χ1) is 12.6. The monoisotopic (exact) mass is 370 g/mol. The largest absolute Gasteiger partial charge is 0.492 e. The van der Waals surface area contributed by atoms with Crippen molar-refractivity contribution in [1.29, 1.82) is 0 Å². The summed E-state index contributed by atoms with van der Waals surface area (Å²) in [6.45, 7) is 1.78. The average Bonchev–Trinajstić information content (AvgIpc) is 3.02. The van der Waals surface area contributed by atoms with Gasteiger partial charge in [-0.1, -0.05) is 29.8 Å². The van der Waals surface area contributed by atoms with Gasteiger partial charge in [-0.05, 0) is 31.0 Å². The summed E-state index contributed by atoms with van der Waals surface area (Å²) in [5.41, 5.74) is 1.75. The van der Waals surface area contributed by atoms with Crippen molar-refractivity contribution in [1.82, 2.24) is 9.88 Å². The molecule has 3 heterocycles. The SMILES string of the molecule is O=C(Cc1ccc(Cl)cn1)C(=O)N1CCC2(CC1)COc1ccccc12. The predicted octanol–water partition coefficient (Wildman–Crippen LogP) is 2.80. The number of fused-ring (bicyclic) bond motifs is 2. The number of ether oxygens (including phenoxy) is 1. The second kappa shape index (κ2) is 6.72. The van der Waals surface area contributed by atoms with Crippen LogP contribution in [-0.2, 0) is 21.4 Å². The van der Waals surface area contributed by atoms with Crippen LogP contribution >= 0.6 is 11.6 Å². The molecule has 1 fully saturated rings. The number of hydrogen-bond donors (Lipinski definition) is 0. The van der Waals surface area contributed by atoms with Gasteiger partial charge in [0, 0.05) is 36.0 Å². The van der Waals surface area contributed by atoms with Crippen LogP contribution < -0.4 is 4.74 Å². The molecule has 1 saturated heterocycles. The number of carbonyl (C=O) groups excluding carboxylic acids is 2. The lowest BCUT2D eigenvalue weighted by atomic mass is 9.74. The molecule has 0 unspecified atom stereocenters. The Bertz CT molecular complexity index is 842. The number of hydrogen-bond acceptors (Lipinski definition) is 4. The standard InChI is InChI=1S/C20H19ClN2O3/c21-14-5-6-15(22-12-14)11-17(24)19(25)23-9-7-20(8-10-23)13-26-18-4-2-1-3-16(18)20/h1-6,12H,7-11,13H2. The van der Waals surface area contributed by atoms with Crippen molar-refractivity contribution in [2.45, 2.75) is 24.7 Å². The summed E-state index contributed by atoms with van der Waals surface area (Å²) in [5, 5.41) is 0.507.